The lowest BCUT2D eigenvalue weighted by Gasteiger charge is -2.26. The number of aromatic nitrogens is 1. The molecule has 1 heterocycles. The molecular formula is C19H26N2. The van der Waals surface area contributed by atoms with E-state index in [0.29, 0.717) is 12.0 Å². The van der Waals surface area contributed by atoms with Gasteiger partial charge in [0.05, 0.1) is 0 Å². The molecule has 2 aromatic rings. The number of pyridine rings is 1. The molecule has 2 nitrogen and oxygen atoms in total. The topological polar surface area (TPSA) is 24.9 Å². The second-order valence-corrected chi connectivity index (χ2v) is 6.71. The smallest absolute Gasteiger partial charge is 0.0384 e. The van der Waals surface area contributed by atoms with Crippen LogP contribution in [0.4, 0.5) is 0 Å². The van der Waals surface area contributed by atoms with Crippen LogP contribution in [0.1, 0.15) is 56.3 Å². The summed E-state index contributed by atoms with van der Waals surface area (Å²) in [6.45, 7) is 9.00. The molecule has 1 N–H and O–H groups in total. The Balaban J connectivity index is 2.25. The van der Waals surface area contributed by atoms with Gasteiger partial charge in [-0.2, -0.15) is 0 Å². The molecule has 21 heavy (non-hydrogen) atoms. The zero-order chi connectivity index (χ0) is 15.5. The minimum absolute atomic E-state index is 0.199. The first-order chi connectivity index (χ1) is 9.93. The molecule has 2 unspecified atom stereocenters. The second-order valence-electron chi connectivity index (χ2n) is 6.71. The van der Waals surface area contributed by atoms with Crippen molar-refractivity contribution in [2.24, 2.45) is 0 Å². The first-order valence-corrected chi connectivity index (χ1v) is 7.61. The third-order valence-corrected chi connectivity index (χ3v) is 4.18. The van der Waals surface area contributed by atoms with Gasteiger partial charge in [0.2, 0.25) is 0 Å². The van der Waals surface area contributed by atoms with E-state index in [9.17, 15) is 0 Å². The lowest BCUT2D eigenvalue weighted by atomic mass is 9.84. The maximum absolute atomic E-state index is 4.10. The fourth-order valence-corrected chi connectivity index (χ4v) is 2.76. The average molecular weight is 282 g/mol. The van der Waals surface area contributed by atoms with E-state index >= 15 is 0 Å². The van der Waals surface area contributed by atoms with Crippen molar-refractivity contribution in [1.82, 2.24) is 10.3 Å². The molecule has 2 heteroatoms. The summed E-state index contributed by atoms with van der Waals surface area (Å²) in [6.07, 6.45) is 3.72. The van der Waals surface area contributed by atoms with Gasteiger partial charge in [-0.1, -0.05) is 52.0 Å². The molecule has 2 atom stereocenters. The number of hydrogen-bond donors (Lipinski definition) is 1. The van der Waals surface area contributed by atoms with Crippen molar-refractivity contribution in [3.8, 4) is 0 Å². The molecule has 0 bridgehead atoms. The van der Waals surface area contributed by atoms with Crippen molar-refractivity contribution >= 4 is 0 Å². The largest absolute Gasteiger partial charge is 0.312 e. The van der Waals surface area contributed by atoms with Gasteiger partial charge in [-0.15, -0.1) is 0 Å². The van der Waals surface area contributed by atoms with E-state index in [1.54, 1.807) is 0 Å². The van der Waals surface area contributed by atoms with Crippen molar-refractivity contribution in [3.05, 3.63) is 65.5 Å². The van der Waals surface area contributed by atoms with E-state index in [0.717, 1.165) is 0 Å². The van der Waals surface area contributed by atoms with Crippen LogP contribution in [0, 0.1) is 0 Å². The molecule has 0 spiro atoms. The van der Waals surface area contributed by atoms with Crippen LogP contribution in [0.25, 0.3) is 0 Å². The maximum Gasteiger partial charge on any atom is 0.0384 e. The maximum atomic E-state index is 4.10. The summed E-state index contributed by atoms with van der Waals surface area (Å²) in [4.78, 5) is 4.10. The van der Waals surface area contributed by atoms with Gasteiger partial charge >= 0.3 is 0 Å². The minimum atomic E-state index is 0.199. The quantitative estimate of drug-likeness (QED) is 0.896. The monoisotopic (exact) mass is 282 g/mol. The highest BCUT2D eigenvalue weighted by Gasteiger charge is 2.20. The number of rotatable bonds is 4. The molecule has 0 saturated carbocycles. The van der Waals surface area contributed by atoms with Gasteiger partial charge in [0.15, 0.2) is 0 Å². The average Bonchev–Trinajstić information content (AvgIpc) is 2.48. The summed E-state index contributed by atoms with van der Waals surface area (Å²) >= 11 is 0. The molecule has 0 radical (unpaired) electrons. The Morgan fingerprint density at radius 1 is 0.905 bits per heavy atom. The lowest BCUT2D eigenvalue weighted by molar-refractivity contribution is 0.506. The summed E-state index contributed by atoms with van der Waals surface area (Å²) < 4.78 is 0. The normalized spacial score (nSPS) is 14.7. The van der Waals surface area contributed by atoms with Crippen molar-refractivity contribution in [1.29, 1.82) is 0 Å². The third kappa shape index (κ3) is 3.70. The first kappa shape index (κ1) is 15.7. The van der Waals surface area contributed by atoms with E-state index in [4.69, 9.17) is 0 Å². The Morgan fingerprint density at radius 3 is 1.95 bits per heavy atom. The number of nitrogens with one attached hydrogen (secondary N) is 1. The standard InChI is InChI=1S/C19H26N2/c1-14(15-10-12-21-13-11-15)18(20-5)16-6-8-17(9-7-16)19(2,3)4/h6-14,18,20H,1-5H3. The summed E-state index contributed by atoms with van der Waals surface area (Å²) in [5.41, 5.74) is 4.21. The molecular weight excluding hydrogens is 256 g/mol. The Bertz CT molecular complexity index is 552. The van der Waals surface area contributed by atoms with Gasteiger partial charge in [-0.25, -0.2) is 0 Å². The summed E-state index contributed by atoms with van der Waals surface area (Å²) in [5.74, 6) is 0.401. The molecule has 0 aliphatic carbocycles. The summed E-state index contributed by atoms with van der Waals surface area (Å²) in [7, 11) is 2.03. The van der Waals surface area contributed by atoms with Crippen molar-refractivity contribution < 1.29 is 0 Å². The Labute approximate surface area is 128 Å². The fraction of sp³-hybridized carbons (Fsp3) is 0.421. The summed E-state index contributed by atoms with van der Waals surface area (Å²) in [5, 5.41) is 3.45. The van der Waals surface area contributed by atoms with Gasteiger partial charge in [0.1, 0.15) is 0 Å². The van der Waals surface area contributed by atoms with Crippen LogP contribution in [-0.4, -0.2) is 12.0 Å². The predicted octanol–water partition coefficient (Wildman–Crippen LogP) is 4.44. The highest BCUT2D eigenvalue weighted by atomic mass is 14.9. The number of hydrogen-bond acceptors (Lipinski definition) is 2. The fourth-order valence-electron chi connectivity index (χ4n) is 2.76. The van der Waals surface area contributed by atoms with Crippen LogP contribution in [-0.2, 0) is 5.41 Å². The third-order valence-electron chi connectivity index (χ3n) is 4.18. The number of likely N-dealkylation sites (N-methyl/N-ethyl adjacent to an activating group) is 1. The van der Waals surface area contributed by atoms with E-state index in [-0.39, 0.29) is 5.41 Å². The SMILES string of the molecule is CNC(c1ccc(C(C)(C)C)cc1)C(C)c1ccncc1. The molecule has 112 valence electrons. The Hall–Kier alpha value is -1.67. The van der Waals surface area contributed by atoms with Gasteiger partial charge in [0, 0.05) is 24.4 Å². The van der Waals surface area contributed by atoms with E-state index in [1.165, 1.54) is 16.7 Å². The first-order valence-electron chi connectivity index (χ1n) is 7.61. The molecule has 2 rings (SSSR count). The van der Waals surface area contributed by atoms with E-state index < -0.39 is 0 Å². The zero-order valence-corrected chi connectivity index (χ0v) is 13.7. The van der Waals surface area contributed by atoms with Crippen LogP contribution in [0.15, 0.2) is 48.8 Å². The van der Waals surface area contributed by atoms with Gasteiger partial charge < -0.3 is 5.32 Å². The van der Waals surface area contributed by atoms with Gasteiger partial charge in [-0.3, -0.25) is 4.98 Å². The Morgan fingerprint density at radius 2 is 1.48 bits per heavy atom. The molecule has 0 amide bonds. The second kappa shape index (κ2) is 6.40. The van der Waals surface area contributed by atoms with Crippen LogP contribution in [0.5, 0.6) is 0 Å². The van der Waals surface area contributed by atoms with Crippen molar-refractivity contribution in [3.63, 3.8) is 0 Å². The van der Waals surface area contributed by atoms with Crippen LogP contribution >= 0.6 is 0 Å². The van der Waals surface area contributed by atoms with Crippen molar-refractivity contribution in [2.45, 2.75) is 45.1 Å². The molecule has 0 aliphatic heterocycles. The molecule has 0 saturated heterocycles. The predicted molar refractivity (Wildman–Crippen MR) is 89.6 cm³/mol. The van der Waals surface area contributed by atoms with Crippen molar-refractivity contribution in [2.75, 3.05) is 7.05 Å². The molecule has 0 fully saturated rings. The number of benzene rings is 1. The van der Waals surface area contributed by atoms with Gasteiger partial charge in [-0.05, 0) is 41.3 Å². The molecule has 1 aromatic carbocycles. The van der Waals surface area contributed by atoms with Crippen LogP contribution < -0.4 is 5.32 Å². The highest BCUT2D eigenvalue weighted by molar-refractivity contribution is 5.31. The zero-order valence-electron chi connectivity index (χ0n) is 13.7. The highest BCUT2D eigenvalue weighted by Crippen LogP contribution is 2.31. The molecule has 0 aliphatic rings. The van der Waals surface area contributed by atoms with Crippen LogP contribution in [0.2, 0.25) is 0 Å². The van der Waals surface area contributed by atoms with Gasteiger partial charge in [0.25, 0.3) is 0 Å². The minimum Gasteiger partial charge on any atom is -0.312 e. The summed E-state index contributed by atoms with van der Waals surface area (Å²) in [6, 6.07) is 13.5. The Kier molecular flexibility index (Phi) is 4.79. The number of nitrogens with zero attached hydrogens (tertiary/aromatic N) is 1. The van der Waals surface area contributed by atoms with E-state index in [2.05, 4.69) is 74.4 Å². The van der Waals surface area contributed by atoms with Crippen LogP contribution in [0.3, 0.4) is 0 Å². The van der Waals surface area contributed by atoms with E-state index in [1.807, 2.05) is 19.4 Å². The molecule has 1 aromatic heterocycles. The lowest BCUT2D eigenvalue weighted by Crippen LogP contribution is -2.22.